The van der Waals surface area contributed by atoms with Crippen LogP contribution in [-0.4, -0.2) is 74.5 Å². The second kappa shape index (κ2) is 10.1. The minimum absolute atomic E-state index is 0.0326. The normalized spacial score (nSPS) is 13.7. The molecule has 9 heteroatoms. The summed E-state index contributed by atoms with van der Waals surface area (Å²) >= 11 is 1.45. The highest BCUT2D eigenvalue weighted by Gasteiger charge is 2.26. The van der Waals surface area contributed by atoms with Crippen LogP contribution < -0.4 is 14.8 Å². The monoisotopic (exact) mass is 431 g/mol. The average molecular weight is 432 g/mol. The van der Waals surface area contributed by atoms with Crippen molar-refractivity contribution in [3.63, 3.8) is 0 Å². The van der Waals surface area contributed by atoms with E-state index in [2.05, 4.69) is 5.32 Å². The lowest BCUT2D eigenvalue weighted by molar-refractivity contribution is -0.132. The molecule has 0 radical (unpaired) electrons. The molecule has 1 fully saturated rings. The van der Waals surface area contributed by atoms with Gasteiger partial charge < -0.3 is 24.6 Å². The van der Waals surface area contributed by atoms with E-state index in [0.717, 1.165) is 0 Å². The number of nitrogens with zero attached hydrogens (tertiary/aromatic N) is 2. The second-order valence-corrected chi connectivity index (χ2v) is 7.54. The lowest BCUT2D eigenvalue weighted by Crippen LogP contribution is -2.51. The molecule has 0 atom stereocenters. The molecule has 1 aliphatic heterocycles. The van der Waals surface area contributed by atoms with Crippen LogP contribution in [0.25, 0.3) is 0 Å². The van der Waals surface area contributed by atoms with Gasteiger partial charge in [-0.2, -0.15) is 11.3 Å². The zero-order valence-electron chi connectivity index (χ0n) is 17.1. The molecule has 3 rings (SSSR count). The van der Waals surface area contributed by atoms with Crippen LogP contribution in [-0.2, 0) is 4.79 Å². The van der Waals surface area contributed by atoms with Crippen LogP contribution in [0.1, 0.15) is 27.1 Å². The summed E-state index contributed by atoms with van der Waals surface area (Å²) in [4.78, 5) is 40.7. The SMILES string of the molecule is COc1ccc(C(=O)N2CCN(C(=O)CCNC(=O)c3ccsc3)CC2)c(OC)c1. The molecule has 1 aromatic heterocycles. The smallest absolute Gasteiger partial charge is 0.257 e. The van der Waals surface area contributed by atoms with E-state index in [1.807, 2.05) is 5.38 Å². The maximum absolute atomic E-state index is 12.9. The Bertz CT molecular complexity index is 892. The van der Waals surface area contributed by atoms with Crippen molar-refractivity contribution in [2.75, 3.05) is 46.9 Å². The molecular formula is C21H25N3O5S. The summed E-state index contributed by atoms with van der Waals surface area (Å²) in [7, 11) is 3.07. The van der Waals surface area contributed by atoms with Crippen molar-refractivity contribution in [3.05, 3.63) is 46.2 Å². The molecule has 0 bridgehead atoms. The highest BCUT2D eigenvalue weighted by atomic mass is 32.1. The van der Waals surface area contributed by atoms with E-state index >= 15 is 0 Å². The molecule has 0 unspecified atom stereocenters. The lowest BCUT2D eigenvalue weighted by atomic mass is 10.1. The van der Waals surface area contributed by atoms with E-state index in [9.17, 15) is 14.4 Å². The Kier molecular flexibility index (Phi) is 7.29. The minimum atomic E-state index is -0.173. The first-order chi connectivity index (χ1) is 14.5. The summed E-state index contributed by atoms with van der Waals surface area (Å²) < 4.78 is 10.5. The van der Waals surface area contributed by atoms with Gasteiger partial charge in [-0.05, 0) is 23.6 Å². The molecule has 0 spiro atoms. The Morgan fingerprint density at radius 1 is 1.03 bits per heavy atom. The fourth-order valence-corrected chi connectivity index (χ4v) is 3.88. The van der Waals surface area contributed by atoms with Crippen molar-refractivity contribution in [1.82, 2.24) is 15.1 Å². The number of piperazine rings is 1. The molecule has 30 heavy (non-hydrogen) atoms. The van der Waals surface area contributed by atoms with E-state index in [0.29, 0.717) is 48.8 Å². The maximum atomic E-state index is 12.9. The summed E-state index contributed by atoms with van der Waals surface area (Å²) in [5.74, 6) is 0.733. The molecule has 1 aromatic carbocycles. The number of ether oxygens (including phenoxy) is 2. The predicted molar refractivity (Wildman–Crippen MR) is 113 cm³/mol. The van der Waals surface area contributed by atoms with Crippen molar-refractivity contribution in [2.24, 2.45) is 0 Å². The number of benzene rings is 1. The number of amides is 3. The molecular weight excluding hydrogens is 406 g/mol. The first kappa shape index (κ1) is 21.6. The van der Waals surface area contributed by atoms with Gasteiger partial charge in [-0.15, -0.1) is 0 Å². The molecule has 0 saturated carbocycles. The zero-order valence-corrected chi connectivity index (χ0v) is 17.9. The Labute approximate surface area is 179 Å². The highest BCUT2D eigenvalue weighted by Crippen LogP contribution is 2.26. The lowest BCUT2D eigenvalue weighted by Gasteiger charge is -2.35. The van der Waals surface area contributed by atoms with Crippen molar-refractivity contribution < 1.29 is 23.9 Å². The predicted octanol–water partition coefficient (Wildman–Crippen LogP) is 1.87. The molecule has 160 valence electrons. The molecule has 8 nitrogen and oxygen atoms in total. The van der Waals surface area contributed by atoms with Crippen LogP contribution in [0, 0.1) is 0 Å². The van der Waals surface area contributed by atoms with Gasteiger partial charge in [-0.3, -0.25) is 14.4 Å². The number of rotatable bonds is 7. The van der Waals surface area contributed by atoms with Gasteiger partial charge in [0.2, 0.25) is 5.91 Å². The summed E-state index contributed by atoms with van der Waals surface area (Å²) in [6.45, 7) is 2.10. The van der Waals surface area contributed by atoms with Gasteiger partial charge in [0.05, 0.1) is 19.8 Å². The number of hydrogen-bond acceptors (Lipinski definition) is 6. The average Bonchev–Trinajstić information content (AvgIpc) is 3.33. The van der Waals surface area contributed by atoms with Gasteiger partial charge in [0.1, 0.15) is 11.5 Å². The van der Waals surface area contributed by atoms with E-state index in [-0.39, 0.29) is 30.7 Å². The number of hydrogen-bond donors (Lipinski definition) is 1. The fourth-order valence-electron chi connectivity index (χ4n) is 3.24. The first-order valence-electron chi connectivity index (χ1n) is 9.63. The highest BCUT2D eigenvalue weighted by molar-refractivity contribution is 7.08. The van der Waals surface area contributed by atoms with Crippen LogP contribution in [0.15, 0.2) is 35.0 Å². The van der Waals surface area contributed by atoms with Crippen molar-refractivity contribution in [3.8, 4) is 11.5 Å². The second-order valence-electron chi connectivity index (χ2n) is 6.76. The van der Waals surface area contributed by atoms with Crippen LogP contribution >= 0.6 is 11.3 Å². The molecule has 2 heterocycles. The van der Waals surface area contributed by atoms with E-state index in [1.165, 1.54) is 18.4 Å². The van der Waals surface area contributed by atoms with E-state index < -0.39 is 0 Å². The van der Waals surface area contributed by atoms with Crippen LogP contribution in [0.5, 0.6) is 11.5 Å². The largest absolute Gasteiger partial charge is 0.497 e. The zero-order chi connectivity index (χ0) is 21.5. The van der Waals surface area contributed by atoms with Gasteiger partial charge in [0.15, 0.2) is 0 Å². The van der Waals surface area contributed by atoms with Gasteiger partial charge in [0, 0.05) is 56.2 Å². The Morgan fingerprint density at radius 3 is 2.40 bits per heavy atom. The maximum Gasteiger partial charge on any atom is 0.257 e. The van der Waals surface area contributed by atoms with E-state index in [1.54, 1.807) is 46.6 Å². The molecule has 3 amide bonds. The third kappa shape index (κ3) is 5.10. The van der Waals surface area contributed by atoms with Crippen molar-refractivity contribution >= 4 is 29.1 Å². The molecule has 2 aromatic rings. The number of thiophene rings is 1. The molecule has 0 aliphatic carbocycles. The molecule has 1 N–H and O–H groups in total. The van der Waals surface area contributed by atoms with Crippen LogP contribution in [0.4, 0.5) is 0 Å². The third-order valence-electron chi connectivity index (χ3n) is 4.97. The number of nitrogens with one attached hydrogen (secondary N) is 1. The van der Waals surface area contributed by atoms with Gasteiger partial charge in [-0.1, -0.05) is 0 Å². The van der Waals surface area contributed by atoms with Crippen molar-refractivity contribution in [2.45, 2.75) is 6.42 Å². The summed E-state index contributed by atoms with van der Waals surface area (Å²) in [5, 5.41) is 6.36. The number of methoxy groups -OCH3 is 2. The van der Waals surface area contributed by atoms with E-state index in [4.69, 9.17) is 9.47 Å². The van der Waals surface area contributed by atoms with Crippen LogP contribution in [0.2, 0.25) is 0 Å². The number of carbonyl (C=O) groups excluding carboxylic acids is 3. The Balaban J connectivity index is 1.47. The molecule has 1 aliphatic rings. The first-order valence-corrected chi connectivity index (χ1v) is 10.6. The Hall–Kier alpha value is -3.07. The molecule has 1 saturated heterocycles. The quantitative estimate of drug-likeness (QED) is 0.723. The fraction of sp³-hybridized carbons (Fsp3) is 0.381. The standard InChI is InChI=1S/C21H25N3O5S/c1-28-16-3-4-17(18(13-16)29-2)21(27)24-10-8-23(9-11-24)19(25)5-7-22-20(26)15-6-12-30-14-15/h3-4,6,12-14H,5,7-11H2,1-2H3,(H,22,26). The Morgan fingerprint density at radius 2 is 1.77 bits per heavy atom. The van der Waals surface area contributed by atoms with Crippen LogP contribution in [0.3, 0.4) is 0 Å². The topological polar surface area (TPSA) is 88.2 Å². The summed E-state index contributed by atoms with van der Waals surface area (Å²) in [5.41, 5.74) is 1.07. The van der Waals surface area contributed by atoms with Crippen molar-refractivity contribution in [1.29, 1.82) is 0 Å². The minimum Gasteiger partial charge on any atom is -0.497 e. The van der Waals surface area contributed by atoms with Gasteiger partial charge >= 0.3 is 0 Å². The van der Waals surface area contributed by atoms with Gasteiger partial charge in [0.25, 0.3) is 11.8 Å². The summed E-state index contributed by atoms with van der Waals surface area (Å²) in [6, 6.07) is 6.83. The summed E-state index contributed by atoms with van der Waals surface area (Å²) in [6.07, 6.45) is 0.232. The van der Waals surface area contributed by atoms with Gasteiger partial charge in [-0.25, -0.2) is 0 Å². The number of carbonyl (C=O) groups is 3. The third-order valence-corrected chi connectivity index (χ3v) is 5.65.